The van der Waals surface area contributed by atoms with E-state index in [4.69, 9.17) is 4.74 Å². The van der Waals surface area contributed by atoms with Gasteiger partial charge in [-0.2, -0.15) is 0 Å². The Kier molecular flexibility index (Phi) is 3.59. The molecule has 2 unspecified atom stereocenters. The number of carbonyl (C=O) groups excluding carboxylic acids is 1. The van der Waals surface area contributed by atoms with Crippen molar-refractivity contribution in [3.63, 3.8) is 0 Å². The third-order valence-electron chi connectivity index (χ3n) is 5.07. The highest BCUT2D eigenvalue weighted by atomic mass is 16.5. The topological polar surface area (TPSA) is 66.8 Å². The fourth-order valence-electron chi connectivity index (χ4n) is 3.44. The molecule has 2 aliphatic rings. The van der Waals surface area contributed by atoms with Crippen LogP contribution in [0.5, 0.6) is 5.75 Å². The fraction of sp³-hybridized carbons (Fsp3) is 0.529. The number of amides is 1. The van der Waals surface area contributed by atoms with Crippen molar-refractivity contribution in [1.82, 2.24) is 4.90 Å². The molecule has 2 atom stereocenters. The summed E-state index contributed by atoms with van der Waals surface area (Å²) in [5.74, 6) is -0.161. The number of nitrogens with zero attached hydrogens (tertiary/aromatic N) is 1. The van der Waals surface area contributed by atoms with Crippen LogP contribution in [0.1, 0.15) is 25.8 Å². The molecule has 0 bridgehead atoms. The highest BCUT2D eigenvalue weighted by molar-refractivity contribution is 5.85. The average molecular weight is 303 g/mol. The van der Waals surface area contributed by atoms with Crippen molar-refractivity contribution in [1.29, 1.82) is 0 Å². The molecule has 5 heteroatoms. The van der Waals surface area contributed by atoms with E-state index in [1.807, 2.05) is 38.1 Å². The van der Waals surface area contributed by atoms with Crippen LogP contribution in [0.15, 0.2) is 24.3 Å². The van der Waals surface area contributed by atoms with Gasteiger partial charge in [0.2, 0.25) is 0 Å². The first kappa shape index (κ1) is 14.9. The number of fused-ring (bicyclic) bond motifs is 1. The van der Waals surface area contributed by atoms with E-state index in [0.29, 0.717) is 19.4 Å². The highest BCUT2D eigenvalue weighted by Gasteiger charge is 2.49. The molecular weight excluding hydrogens is 282 g/mol. The maximum atomic E-state index is 12.7. The molecule has 1 N–H and O–H groups in total. The van der Waals surface area contributed by atoms with Crippen LogP contribution in [0.25, 0.3) is 0 Å². The van der Waals surface area contributed by atoms with Gasteiger partial charge in [-0.25, -0.2) is 0 Å². The molecule has 0 spiro atoms. The Labute approximate surface area is 129 Å². The van der Waals surface area contributed by atoms with Gasteiger partial charge in [0.1, 0.15) is 5.75 Å². The summed E-state index contributed by atoms with van der Waals surface area (Å²) in [4.78, 5) is 26.0. The number of hydrogen-bond donors (Lipinski definition) is 1. The van der Waals surface area contributed by atoms with E-state index in [1.54, 1.807) is 4.90 Å². The zero-order chi connectivity index (χ0) is 15.9. The molecule has 0 radical (unpaired) electrons. The third kappa shape index (κ3) is 2.25. The Bertz CT molecular complexity index is 587. The Hall–Kier alpha value is -2.04. The SMILES string of the molecule is CC(C)C1(C(=O)O)CCN(C(=O)C2Cc3ccccc3O2)C1. The standard InChI is InChI=1S/C17H21NO4/c1-11(2)17(16(20)21)7-8-18(10-17)15(19)14-9-12-5-3-4-6-13(12)22-14/h3-6,11,14H,7-10H2,1-2H3,(H,20,21). The predicted molar refractivity (Wildman–Crippen MR) is 80.7 cm³/mol. The second-order valence-corrected chi connectivity index (χ2v) is 6.54. The van der Waals surface area contributed by atoms with Gasteiger partial charge in [-0.15, -0.1) is 0 Å². The molecule has 118 valence electrons. The second-order valence-electron chi connectivity index (χ2n) is 6.54. The van der Waals surface area contributed by atoms with E-state index < -0.39 is 17.5 Å². The summed E-state index contributed by atoms with van der Waals surface area (Å²) in [6.45, 7) is 4.57. The van der Waals surface area contributed by atoms with Crippen LogP contribution in [0.3, 0.4) is 0 Å². The number of carboxylic acid groups (broad SMARTS) is 1. The van der Waals surface area contributed by atoms with Gasteiger partial charge in [-0.05, 0) is 24.0 Å². The van der Waals surface area contributed by atoms with E-state index in [9.17, 15) is 14.7 Å². The maximum Gasteiger partial charge on any atom is 0.311 e. The largest absolute Gasteiger partial charge is 0.481 e. The maximum absolute atomic E-state index is 12.7. The van der Waals surface area contributed by atoms with E-state index in [2.05, 4.69) is 0 Å². The lowest BCUT2D eigenvalue weighted by atomic mass is 9.76. The minimum absolute atomic E-state index is 0.00973. The Morgan fingerprint density at radius 1 is 1.36 bits per heavy atom. The summed E-state index contributed by atoms with van der Waals surface area (Å²) in [5, 5.41) is 9.57. The highest BCUT2D eigenvalue weighted by Crippen LogP contribution is 2.39. The molecule has 1 aromatic rings. The molecule has 1 saturated heterocycles. The van der Waals surface area contributed by atoms with Gasteiger partial charge < -0.3 is 14.7 Å². The van der Waals surface area contributed by atoms with Gasteiger partial charge in [0.25, 0.3) is 5.91 Å². The van der Waals surface area contributed by atoms with Crippen LogP contribution in [0.4, 0.5) is 0 Å². The van der Waals surface area contributed by atoms with Crippen LogP contribution < -0.4 is 4.74 Å². The smallest absolute Gasteiger partial charge is 0.311 e. The van der Waals surface area contributed by atoms with Crippen LogP contribution in [0.2, 0.25) is 0 Å². The second kappa shape index (κ2) is 5.30. The Morgan fingerprint density at radius 2 is 2.09 bits per heavy atom. The van der Waals surface area contributed by atoms with Crippen molar-refractivity contribution in [2.75, 3.05) is 13.1 Å². The number of para-hydroxylation sites is 1. The molecule has 1 amide bonds. The molecule has 2 aliphatic heterocycles. The number of benzene rings is 1. The summed E-state index contributed by atoms with van der Waals surface area (Å²) in [6.07, 6.45) is 0.549. The molecule has 0 saturated carbocycles. The van der Waals surface area contributed by atoms with Crippen LogP contribution in [0, 0.1) is 11.3 Å². The van der Waals surface area contributed by atoms with E-state index in [0.717, 1.165) is 11.3 Å². The quantitative estimate of drug-likeness (QED) is 0.927. The molecular formula is C17H21NO4. The number of aliphatic carboxylic acids is 1. The fourth-order valence-corrected chi connectivity index (χ4v) is 3.44. The summed E-state index contributed by atoms with van der Waals surface area (Å²) in [6, 6.07) is 7.64. The van der Waals surface area contributed by atoms with Gasteiger partial charge in [0.15, 0.2) is 6.10 Å². The average Bonchev–Trinajstić information content (AvgIpc) is 3.11. The molecule has 5 nitrogen and oxygen atoms in total. The van der Waals surface area contributed by atoms with E-state index in [-0.39, 0.29) is 18.4 Å². The molecule has 2 heterocycles. The van der Waals surface area contributed by atoms with Gasteiger partial charge in [-0.1, -0.05) is 32.0 Å². The summed E-state index contributed by atoms with van der Waals surface area (Å²) < 4.78 is 5.73. The van der Waals surface area contributed by atoms with E-state index in [1.165, 1.54) is 0 Å². The molecule has 3 rings (SSSR count). The minimum Gasteiger partial charge on any atom is -0.481 e. The zero-order valence-corrected chi connectivity index (χ0v) is 12.9. The van der Waals surface area contributed by atoms with Crippen LogP contribution >= 0.6 is 0 Å². The van der Waals surface area contributed by atoms with Gasteiger partial charge in [-0.3, -0.25) is 9.59 Å². The molecule has 1 aromatic carbocycles. The lowest BCUT2D eigenvalue weighted by molar-refractivity contribution is -0.151. The number of rotatable bonds is 3. The summed E-state index contributed by atoms with van der Waals surface area (Å²) in [7, 11) is 0. The van der Waals surface area contributed by atoms with Gasteiger partial charge in [0, 0.05) is 19.5 Å². The Morgan fingerprint density at radius 3 is 2.68 bits per heavy atom. The molecule has 22 heavy (non-hydrogen) atoms. The minimum atomic E-state index is -0.832. The van der Waals surface area contributed by atoms with E-state index >= 15 is 0 Å². The molecule has 0 aliphatic carbocycles. The number of likely N-dealkylation sites (tertiary alicyclic amines) is 1. The lowest BCUT2D eigenvalue weighted by Crippen LogP contribution is -2.44. The van der Waals surface area contributed by atoms with Gasteiger partial charge >= 0.3 is 5.97 Å². The Balaban J connectivity index is 1.72. The summed E-state index contributed by atoms with van der Waals surface area (Å²) >= 11 is 0. The van der Waals surface area contributed by atoms with Crippen molar-refractivity contribution in [2.24, 2.45) is 11.3 Å². The molecule has 0 aromatic heterocycles. The first-order chi connectivity index (χ1) is 10.4. The summed E-state index contributed by atoms with van der Waals surface area (Å²) in [5.41, 5.74) is 0.203. The van der Waals surface area contributed by atoms with Crippen molar-refractivity contribution in [3.8, 4) is 5.75 Å². The van der Waals surface area contributed by atoms with Crippen molar-refractivity contribution in [2.45, 2.75) is 32.8 Å². The normalized spacial score (nSPS) is 26.9. The first-order valence-electron chi connectivity index (χ1n) is 7.71. The number of carbonyl (C=O) groups is 2. The van der Waals surface area contributed by atoms with Crippen LogP contribution in [-0.4, -0.2) is 41.1 Å². The van der Waals surface area contributed by atoms with Crippen molar-refractivity contribution >= 4 is 11.9 Å². The van der Waals surface area contributed by atoms with Crippen molar-refractivity contribution in [3.05, 3.63) is 29.8 Å². The number of carboxylic acids is 1. The first-order valence-corrected chi connectivity index (χ1v) is 7.71. The zero-order valence-electron chi connectivity index (χ0n) is 12.9. The molecule has 1 fully saturated rings. The van der Waals surface area contributed by atoms with Gasteiger partial charge in [0.05, 0.1) is 5.41 Å². The number of ether oxygens (including phenoxy) is 1. The van der Waals surface area contributed by atoms with Crippen LogP contribution in [-0.2, 0) is 16.0 Å². The van der Waals surface area contributed by atoms with Crippen molar-refractivity contribution < 1.29 is 19.4 Å². The number of hydrogen-bond acceptors (Lipinski definition) is 3. The predicted octanol–water partition coefficient (Wildman–Crippen LogP) is 1.95. The third-order valence-corrected chi connectivity index (χ3v) is 5.07. The monoisotopic (exact) mass is 303 g/mol. The lowest BCUT2D eigenvalue weighted by Gasteiger charge is -2.29.